The quantitative estimate of drug-likeness (QED) is 0.871. The average Bonchev–Trinajstić information content (AvgIpc) is 3.02. The lowest BCUT2D eigenvalue weighted by Gasteiger charge is -2.21. The summed E-state index contributed by atoms with van der Waals surface area (Å²) in [5.41, 5.74) is 1.07. The highest BCUT2D eigenvalue weighted by molar-refractivity contribution is 6.32. The van der Waals surface area contributed by atoms with Crippen LogP contribution in [0.4, 0.5) is 24.7 Å². The highest BCUT2D eigenvalue weighted by Gasteiger charge is 2.31. The summed E-state index contributed by atoms with van der Waals surface area (Å²) in [7, 11) is 5.70. The smallest absolute Gasteiger partial charge is 0.368 e. The molecule has 0 aliphatic carbocycles. The Hall–Kier alpha value is -2.69. The molecule has 2 heterocycles. The molecular formula is C17H14BF3N4. The number of aromatic nitrogens is 1. The second kappa shape index (κ2) is 6.67. The summed E-state index contributed by atoms with van der Waals surface area (Å²) >= 11 is 0. The van der Waals surface area contributed by atoms with E-state index in [1.54, 1.807) is 12.1 Å². The van der Waals surface area contributed by atoms with Crippen molar-refractivity contribution in [3.8, 4) is 6.07 Å². The van der Waals surface area contributed by atoms with E-state index in [0.717, 1.165) is 30.9 Å². The van der Waals surface area contributed by atoms with E-state index in [-0.39, 0.29) is 6.04 Å². The van der Waals surface area contributed by atoms with Crippen LogP contribution in [0.1, 0.15) is 17.5 Å². The van der Waals surface area contributed by atoms with E-state index in [9.17, 15) is 18.4 Å². The zero-order valence-corrected chi connectivity index (χ0v) is 13.2. The topological polar surface area (TPSA) is 52.0 Å². The Morgan fingerprint density at radius 1 is 1.28 bits per heavy atom. The normalized spacial score (nSPS) is 17.4. The van der Waals surface area contributed by atoms with Gasteiger partial charge in [-0.2, -0.15) is 18.4 Å². The summed E-state index contributed by atoms with van der Waals surface area (Å²) in [5, 5.41) is 12.4. The van der Waals surface area contributed by atoms with Gasteiger partial charge >= 0.3 is 6.18 Å². The van der Waals surface area contributed by atoms with Crippen molar-refractivity contribution >= 4 is 24.8 Å². The molecule has 1 aromatic heterocycles. The van der Waals surface area contributed by atoms with E-state index < -0.39 is 11.7 Å². The van der Waals surface area contributed by atoms with Gasteiger partial charge in [0, 0.05) is 25.3 Å². The number of pyridine rings is 1. The van der Waals surface area contributed by atoms with Crippen LogP contribution in [0.5, 0.6) is 0 Å². The van der Waals surface area contributed by atoms with Crippen LogP contribution in [0.25, 0.3) is 0 Å². The molecule has 0 spiro atoms. The van der Waals surface area contributed by atoms with Gasteiger partial charge in [0.15, 0.2) is 0 Å². The van der Waals surface area contributed by atoms with E-state index >= 15 is 0 Å². The summed E-state index contributed by atoms with van der Waals surface area (Å²) in [5.74, 6) is 0.401. The van der Waals surface area contributed by atoms with Crippen LogP contribution in [0, 0.1) is 11.3 Å². The van der Waals surface area contributed by atoms with Crippen molar-refractivity contribution in [1.29, 1.82) is 5.26 Å². The Bertz CT molecular complexity index is 799. The molecule has 1 unspecified atom stereocenters. The lowest BCUT2D eigenvalue weighted by atomic mass is 9.94. The van der Waals surface area contributed by atoms with Crippen LogP contribution in [0.2, 0.25) is 0 Å². The number of benzene rings is 1. The molecule has 126 valence electrons. The molecule has 4 nitrogen and oxygen atoms in total. The third-order valence-electron chi connectivity index (χ3n) is 4.11. The van der Waals surface area contributed by atoms with Gasteiger partial charge in [-0.15, -0.1) is 0 Å². The number of nitriles is 1. The van der Waals surface area contributed by atoms with Gasteiger partial charge in [-0.1, -0.05) is 11.5 Å². The summed E-state index contributed by atoms with van der Waals surface area (Å²) in [6.07, 6.45) is -2.78. The predicted molar refractivity (Wildman–Crippen MR) is 90.0 cm³/mol. The number of anilines is 2. The molecule has 0 bridgehead atoms. The van der Waals surface area contributed by atoms with Gasteiger partial charge in [0.2, 0.25) is 0 Å². The molecular weight excluding hydrogens is 328 g/mol. The summed E-state index contributed by atoms with van der Waals surface area (Å²) in [4.78, 5) is 5.89. The molecule has 2 radical (unpaired) electrons. The monoisotopic (exact) mass is 342 g/mol. The van der Waals surface area contributed by atoms with Gasteiger partial charge in [-0.3, -0.25) is 0 Å². The third-order valence-corrected chi connectivity index (χ3v) is 4.11. The van der Waals surface area contributed by atoms with Gasteiger partial charge in [0.1, 0.15) is 19.7 Å². The average molecular weight is 342 g/mol. The second-order valence-corrected chi connectivity index (χ2v) is 5.89. The standard InChI is InChI=1S/C17H14BF3N4/c18-13-2-3-15(11(7-13)8-22)25-6-5-14(10-25)24-16-4-1-12(9-23-16)17(19,20)21/h1-4,7,9,14H,5-6,10H2,(H,23,24). The van der Waals surface area contributed by atoms with Crippen LogP contribution >= 0.6 is 0 Å². The fourth-order valence-electron chi connectivity index (χ4n) is 2.87. The largest absolute Gasteiger partial charge is 0.417 e. The Kier molecular flexibility index (Phi) is 4.58. The number of nitrogens with one attached hydrogen (secondary N) is 1. The van der Waals surface area contributed by atoms with E-state index in [4.69, 9.17) is 7.85 Å². The maximum Gasteiger partial charge on any atom is 0.417 e. The third kappa shape index (κ3) is 3.87. The molecule has 1 N–H and O–H groups in total. The minimum atomic E-state index is -4.39. The molecule has 2 aromatic rings. The Morgan fingerprint density at radius 2 is 2.08 bits per heavy atom. The van der Waals surface area contributed by atoms with Crippen molar-refractivity contribution in [1.82, 2.24) is 4.98 Å². The Morgan fingerprint density at radius 3 is 2.72 bits per heavy atom. The van der Waals surface area contributed by atoms with Gasteiger partial charge in [0.25, 0.3) is 0 Å². The first-order valence-electron chi connectivity index (χ1n) is 7.71. The van der Waals surface area contributed by atoms with E-state index in [2.05, 4.69) is 21.3 Å². The fourth-order valence-corrected chi connectivity index (χ4v) is 2.87. The molecule has 1 fully saturated rings. The highest BCUT2D eigenvalue weighted by Crippen LogP contribution is 2.29. The molecule has 0 amide bonds. The number of nitrogens with zero attached hydrogens (tertiary/aromatic N) is 3. The summed E-state index contributed by atoms with van der Waals surface area (Å²) < 4.78 is 37.7. The first-order valence-corrected chi connectivity index (χ1v) is 7.71. The van der Waals surface area contributed by atoms with Crippen molar-refractivity contribution in [2.45, 2.75) is 18.6 Å². The molecule has 1 saturated heterocycles. The zero-order chi connectivity index (χ0) is 18.0. The number of alkyl halides is 3. The van der Waals surface area contributed by atoms with Crippen LogP contribution in [0.15, 0.2) is 36.5 Å². The van der Waals surface area contributed by atoms with Crippen molar-refractivity contribution < 1.29 is 13.2 Å². The summed E-state index contributed by atoms with van der Waals surface area (Å²) in [6, 6.07) is 9.70. The maximum atomic E-state index is 12.6. The second-order valence-electron chi connectivity index (χ2n) is 5.89. The first kappa shape index (κ1) is 17.1. The number of hydrogen-bond acceptors (Lipinski definition) is 4. The molecule has 25 heavy (non-hydrogen) atoms. The molecule has 8 heteroatoms. The molecule has 3 rings (SSSR count). The van der Waals surface area contributed by atoms with Crippen LogP contribution in [-0.4, -0.2) is 32.0 Å². The minimum Gasteiger partial charge on any atom is -0.368 e. The van der Waals surface area contributed by atoms with E-state index in [0.29, 0.717) is 23.4 Å². The summed E-state index contributed by atoms with van der Waals surface area (Å²) in [6.45, 7) is 1.36. The van der Waals surface area contributed by atoms with Crippen LogP contribution < -0.4 is 15.7 Å². The van der Waals surface area contributed by atoms with E-state index in [1.165, 1.54) is 6.07 Å². The number of hydrogen-bond donors (Lipinski definition) is 1. The minimum absolute atomic E-state index is 0.0355. The van der Waals surface area contributed by atoms with E-state index in [1.807, 2.05) is 6.07 Å². The van der Waals surface area contributed by atoms with Gasteiger partial charge in [-0.05, 0) is 30.7 Å². The van der Waals surface area contributed by atoms with Crippen molar-refractivity contribution in [3.63, 3.8) is 0 Å². The lowest BCUT2D eigenvalue weighted by molar-refractivity contribution is -0.137. The number of rotatable bonds is 3. The zero-order valence-electron chi connectivity index (χ0n) is 13.2. The van der Waals surface area contributed by atoms with Crippen molar-refractivity contribution in [2.24, 2.45) is 0 Å². The number of halogens is 3. The maximum absolute atomic E-state index is 12.6. The van der Waals surface area contributed by atoms with Crippen LogP contribution in [0.3, 0.4) is 0 Å². The molecule has 1 atom stereocenters. The molecule has 1 aliphatic rings. The van der Waals surface area contributed by atoms with Crippen molar-refractivity contribution in [2.75, 3.05) is 23.3 Å². The Balaban J connectivity index is 1.67. The molecule has 1 aromatic carbocycles. The SMILES string of the molecule is [B]c1ccc(N2CCC(Nc3ccc(C(F)(F)F)cn3)C2)c(C#N)c1. The molecule has 1 aliphatic heterocycles. The fraction of sp³-hybridized carbons (Fsp3) is 0.294. The Labute approximate surface area is 144 Å². The van der Waals surface area contributed by atoms with Crippen LogP contribution in [-0.2, 0) is 6.18 Å². The van der Waals surface area contributed by atoms with Gasteiger partial charge in [-0.25, -0.2) is 4.98 Å². The van der Waals surface area contributed by atoms with Gasteiger partial charge < -0.3 is 10.2 Å². The highest BCUT2D eigenvalue weighted by atomic mass is 19.4. The van der Waals surface area contributed by atoms with Gasteiger partial charge in [0.05, 0.1) is 16.8 Å². The molecule has 0 saturated carbocycles. The predicted octanol–water partition coefficient (Wildman–Crippen LogP) is 2.46. The van der Waals surface area contributed by atoms with Crippen molar-refractivity contribution in [3.05, 3.63) is 47.7 Å². The first-order chi connectivity index (χ1) is 11.9. The lowest BCUT2D eigenvalue weighted by Crippen LogP contribution is -2.27.